The third-order valence-electron chi connectivity index (χ3n) is 7.70. The number of nitrogen functional groups attached to an aromatic ring is 1. The lowest BCUT2D eigenvalue weighted by molar-refractivity contribution is -0.137. The lowest BCUT2D eigenvalue weighted by atomic mass is 9.72. The van der Waals surface area contributed by atoms with Gasteiger partial charge in [0, 0.05) is 55.9 Å². The molecule has 2 fully saturated rings. The van der Waals surface area contributed by atoms with Crippen LogP contribution >= 0.6 is 0 Å². The first kappa shape index (κ1) is 26.0. The average Bonchev–Trinajstić information content (AvgIpc) is 3.28. The Morgan fingerprint density at radius 1 is 1.07 bits per heavy atom. The van der Waals surface area contributed by atoms with E-state index in [0.29, 0.717) is 22.9 Å². The molecule has 0 bridgehead atoms. The second-order valence-electron chi connectivity index (χ2n) is 10.5. The van der Waals surface area contributed by atoms with Gasteiger partial charge in [0.05, 0.1) is 5.56 Å². The van der Waals surface area contributed by atoms with Gasteiger partial charge in [0.25, 0.3) is 5.91 Å². The highest BCUT2D eigenvalue weighted by molar-refractivity contribution is 6.04. The SMILES string of the molecule is CN1CC2(CCN(c3nc(-c4ccc(C(=O)Nc5cc(C(F)(F)F)ccn5)cc4F)c4c(N)nccn34)CC2)C1. The van der Waals surface area contributed by atoms with Crippen LogP contribution in [0, 0.1) is 11.2 Å². The first-order valence-electron chi connectivity index (χ1n) is 12.7. The molecular formula is C27H26F4N8O. The van der Waals surface area contributed by atoms with E-state index in [1.807, 2.05) is 4.40 Å². The summed E-state index contributed by atoms with van der Waals surface area (Å²) in [5.41, 5.74) is 6.35. The summed E-state index contributed by atoms with van der Waals surface area (Å²) in [4.78, 5) is 29.9. The van der Waals surface area contributed by atoms with Crippen molar-refractivity contribution in [2.75, 3.05) is 49.2 Å². The fourth-order valence-corrected chi connectivity index (χ4v) is 5.77. The highest BCUT2D eigenvalue weighted by Gasteiger charge is 2.43. The summed E-state index contributed by atoms with van der Waals surface area (Å²) in [5, 5.41) is 2.29. The zero-order valence-electron chi connectivity index (χ0n) is 21.5. The molecule has 0 radical (unpaired) electrons. The molecule has 208 valence electrons. The van der Waals surface area contributed by atoms with Crippen LogP contribution in [0.3, 0.4) is 0 Å². The topological polar surface area (TPSA) is 105 Å². The summed E-state index contributed by atoms with van der Waals surface area (Å²) in [5.74, 6) is -1.03. The Labute approximate surface area is 226 Å². The molecule has 0 aliphatic carbocycles. The van der Waals surface area contributed by atoms with E-state index < -0.39 is 23.5 Å². The van der Waals surface area contributed by atoms with Crippen LogP contribution in [0.1, 0.15) is 28.8 Å². The lowest BCUT2D eigenvalue weighted by Crippen LogP contribution is -2.58. The van der Waals surface area contributed by atoms with Crippen LogP contribution in [0.15, 0.2) is 48.9 Å². The van der Waals surface area contributed by atoms with Crippen molar-refractivity contribution >= 4 is 29.0 Å². The van der Waals surface area contributed by atoms with E-state index in [9.17, 15) is 18.0 Å². The number of fused-ring (bicyclic) bond motifs is 1. The standard InChI is InChI=1S/C27H26F4N8O/c1-37-14-26(15-37)5-9-38(10-6-26)25-36-21(22-23(32)34-8-11-39(22)25)18-3-2-16(12-19(18)28)24(40)35-20-13-17(4-7-33-20)27(29,30)31/h2-4,7-8,11-13H,5-6,9-10,14-15H2,1H3,(H2,32,34)(H,33,35,40). The molecular weight excluding hydrogens is 528 g/mol. The predicted octanol–water partition coefficient (Wildman–Crippen LogP) is 4.32. The molecule has 0 atom stereocenters. The number of rotatable bonds is 4. The number of alkyl halides is 3. The van der Waals surface area contributed by atoms with Crippen LogP contribution in [0.4, 0.5) is 35.1 Å². The molecule has 13 heteroatoms. The Kier molecular flexibility index (Phi) is 6.13. The van der Waals surface area contributed by atoms with E-state index in [4.69, 9.17) is 10.7 Å². The maximum Gasteiger partial charge on any atom is 0.416 e. The normalized spacial score (nSPS) is 17.3. The maximum atomic E-state index is 15.5. The fraction of sp³-hybridized carbons (Fsp3) is 0.333. The van der Waals surface area contributed by atoms with Gasteiger partial charge in [-0.25, -0.2) is 19.3 Å². The van der Waals surface area contributed by atoms with Crippen molar-refractivity contribution in [1.29, 1.82) is 0 Å². The van der Waals surface area contributed by atoms with Crippen molar-refractivity contribution in [1.82, 2.24) is 24.3 Å². The number of pyridine rings is 1. The number of hydrogen-bond acceptors (Lipinski definition) is 7. The third kappa shape index (κ3) is 4.59. The molecule has 0 saturated carbocycles. The Morgan fingerprint density at radius 3 is 2.50 bits per heavy atom. The minimum absolute atomic E-state index is 0.0953. The number of hydrogen-bond donors (Lipinski definition) is 2. The number of anilines is 3. The third-order valence-corrected chi connectivity index (χ3v) is 7.70. The van der Waals surface area contributed by atoms with Crippen LogP contribution in [-0.4, -0.2) is 63.4 Å². The highest BCUT2D eigenvalue weighted by Crippen LogP contribution is 2.41. The monoisotopic (exact) mass is 554 g/mol. The molecule has 5 heterocycles. The van der Waals surface area contributed by atoms with E-state index in [-0.39, 0.29) is 28.5 Å². The summed E-state index contributed by atoms with van der Waals surface area (Å²) in [6.45, 7) is 3.78. The fourth-order valence-electron chi connectivity index (χ4n) is 5.77. The number of nitrogens with one attached hydrogen (secondary N) is 1. The summed E-state index contributed by atoms with van der Waals surface area (Å²) >= 11 is 0. The second kappa shape index (κ2) is 9.44. The number of amides is 1. The van der Waals surface area contributed by atoms with Crippen LogP contribution in [0.25, 0.3) is 16.8 Å². The number of piperidine rings is 1. The zero-order valence-corrected chi connectivity index (χ0v) is 21.5. The number of aromatic nitrogens is 4. The van der Waals surface area contributed by atoms with E-state index in [1.165, 1.54) is 12.1 Å². The van der Waals surface area contributed by atoms with E-state index in [2.05, 4.69) is 32.1 Å². The average molecular weight is 555 g/mol. The van der Waals surface area contributed by atoms with Crippen LogP contribution < -0.4 is 16.0 Å². The number of likely N-dealkylation sites (tertiary alicyclic amines) is 1. The Hall–Kier alpha value is -4.26. The van der Waals surface area contributed by atoms with Gasteiger partial charge in [0.1, 0.15) is 28.7 Å². The van der Waals surface area contributed by atoms with Gasteiger partial charge >= 0.3 is 6.18 Å². The Morgan fingerprint density at radius 2 is 1.82 bits per heavy atom. The number of halogens is 4. The second-order valence-corrected chi connectivity index (χ2v) is 10.5. The number of benzene rings is 1. The molecule has 4 aromatic rings. The quantitative estimate of drug-likeness (QED) is 0.362. The van der Waals surface area contributed by atoms with Gasteiger partial charge in [-0.1, -0.05) is 0 Å². The maximum absolute atomic E-state index is 15.5. The molecule has 2 saturated heterocycles. The van der Waals surface area contributed by atoms with Gasteiger partial charge in [-0.15, -0.1) is 0 Å². The van der Waals surface area contributed by atoms with Crippen molar-refractivity contribution in [2.45, 2.75) is 19.0 Å². The molecule has 2 aliphatic rings. The number of carbonyl (C=O) groups is 1. The lowest BCUT2D eigenvalue weighted by Gasteiger charge is -2.53. The predicted molar refractivity (Wildman–Crippen MR) is 141 cm³/mol. The number of nitrogens with zero attached hydrogens (tertiary/aromatic N) is 6. The van der Waals surface area contributed by atoms with Crippen LogP contribution in [0.2, 0.25) is 0 Å². The summed E-state index contributed by atoms with van der Waals surface area (Å²) < 4.78 is 56.3. The number of imidazole rings is 1. The molecule has 9 nitrogen and oxygen atoms in total. The first-order chi connectivity index (χ1) is 19.0. The van der Waals surface area contributed by atoms with Crippen molar-refractivity contribution in [3.63, 3.8) is 0 Å². The van der Waals surface area contributed by atoms with Crippen LogP contribution in [-0.2, 0) is 6.18 Å². The molecule has 3 N–H and O–H groups in total. The molecule has 2 aliphatic heterocycles. The van der Waals surface area contributed by atoms with Gasteiger partial charge in [-0.3, -0.25) is 9.20 Å². The zero-order chi connectivity index (χ0) is 28.2. The van der Waals surface area contributed by atoms with Gasteiger partial charge < -0.3 is 20.9 Å². The van der Waals surface area contributed by atoms with Gasteiger partial charge in [0.2, 0.25) is 5.95 Å². The van der Waals surface area contributed by atoms with E-state index >= 15 is 4.39 Å². The summed E-state index contributed by atoms with van der Waals surface area (Å²) in [7, 11) is 2.12. The van der Waals surface area contributed by atoms with Crippen LogP contribution in [0.5, 0.6) is 0 Å². The number of carbonyl (C=O) groups excluding carboxylic acids is 1. The molecule has 1 spiro atoms. The van der Waals surface area contributed by atoms with Gasteiger partial charge in [-0.05, 0) is 55.6 Å². The van der Waals surface area contributed by atoms with Gasteiger partial charge in [-0.2, -0.15) is 13.2 Å². The van der Waals surface area contributed by atoms with Crippen molar-refractivity contribution in [3.8, 4) is 11.3 Å². The first-order valence-corrected chi connectivity index (χ1v) is 12.7. The molecule has 6 rings (SSSR count). The van der Waals surface area contributed by atoms with Crippen molar-refractivity contribution < 1.29 is 22.4 Å². The molecule has 1 amide bonds. The Bertz CT molecular complexity index is 1600. The van der Waals surface area contributed by atoms with E-state index in [1.54, 1.807) is 12.4 Å². The molecule has 0 unspecified atom stereocenters. The van der Waals surface area contributed by atoms with E-state index in [0.717, 1.165) is 57.4 Å². The molecule has 1 aromatic carbocycles. The minimum atomic E-state index is -4.59. The number of nitrogens with two attached hydrogens (primary N) is 1. The molecule has 3 aromatic heterocycles. The Balaban J connectivity index is 1.28. The molecule has 40 heavy (non-hydrogen) atoms. The summed E-state index contributed by atoms with van der Waals surface area (Å²) in [6.07, 6.45) is 1.70. The highest BCUT2D eigenvalue weighted by atomic mass is 19.4. The smallest absolute Gasteiger partial charge is 0.382 e. The largest absolute Gasteiger partial charge is 0.416 e. The van der Waals surface area contributed by atoms with Crippen molar-refractivity contribution in [2.24, 2.45) is 5.41 Å². The minimum Gasteiger partial charge on any atom is -0.382 e. The summed E-state index contributed by atoms with van der Waals surface area (Å²) in [6, 6.07) is 5.28. The van der Waals surface area contributed by atoms with Gasteiger partial charge in [0.15, 0.2) is 0 Å². The van der Waals surface area contributed by atoms with Crippen molar-refractivity contribution in [3.05, 3.63) is 65.9 Å².